The van der Waals surface area contributed by atoms with Crippen LogP contribution >= 0.6 is 11.8 Å². The highest BCUT2D eigenvalue weighted by atomic mass is 32.2. The number of amides is 1. The summed E-state index contributed by atoms with van der Waals surface area (Å²) in [6.07, 6.45) is -0.102. The lowest BCUT2D eigenvalue weighted by atomic mass is 9.93. The molecule has 1 rings (SSSR count). The zero-order valence-corrected chi connectivity index (χ0v) is 13.9. The predicted octanol–water partition coefficient (Wildman–Crippen LogP) is 2.98. The van der Waals surface area contributed by atoms with E-state index < -0.39 is 23.2 Å². The Bertz CT molecular complexity index is 391. The van der Waals surface area contributed by atoms with Crippen LogP contribution in [0.3, 0.4) is 0 Å². The molecule has 0 spiro atoms. The van der Waals surface area contributed by atoms with E-state index in [1.165, 1.54) is 4.90 Å². The van der Waals surface area contributed by atoms with E-state index in [0.29, 0.717) is 12.2 Å². The Labute approximate surface area is 125 Å². The van der Waals surface area contributed by atoms with Gasteiger partial charge in [0.05, 0.1) is 0 Å². The summed E-state index contributed by atoms with van der Waals surface area (Å²) in [6.45, 7) is 11.0. The van der Waals surface area contributed by atoms with Gasteiger partial charge < -0.3 is 9.84 Å². The largest absolute Gasteiger partial charge is 0.479 e. The van der Waals surface area contributed by atoms with Gasteiger partial charge in [0, 0.05) is 17.0 Å². The van der Waals surface area contributed by atoms with Crippen molar-refractivity contribution >= 4 is 23.8 Å². The number of nitrogens with zero attached hydrogens (tertiary/aromatic N) is 1. The lowest BCUT2D eigenvalue weighted by Crippen LogP contribution is -2.61. The lowest BCUT2D eigenvalue weighted by Gasteiger charge is -2.40. The number of thioether (sulfide) groups is 1. The standard InChI is InChI=1S/C14H25NO4S/c1-9(2)15(12(18)19-13(4,5)6)14(11(16)17)7-10(3)20-8-14/h9-10H,7-8H2,1-6H3,(H,16,17). The van der Waals surface area contributed by atoms with E-state index in [1.54, 1.807) is 32.5 Å². The second-order valence-electron chi connectivity index (χ2n) is 6.61. The molecule has 2 atom stereocenters. The van der Waals surface area contributed by atoms with Crippen LogP contribution in [-0.2, 0) is 9.53 Å². The van der Waals surface area contributed by atoms with E-state index in [9.17, 15) is 14.7 Å². The second kappa shape index (κ2) is 5.84. The SMILES string of the molecule is CC1CC(C(=O)O)(N(C(=O)OC(C)(C)C)C(C)C)CS1. The Morgan fingerprint density at radius 1 is 1.40 bits per heavy atom. The number of carboxylic acids is 1. The number of hydrogen-bond acceptors (Lipinski definition) is 4. The molecule has 116 valence electrons. The molecular weight excluding hydrogens is 278 g/mol. The Morgan fingerprint density at radius 3 is 2.25 bits per heavy atom. The fourth-order valence-corrected chi connectivity index (χ4v) is 3.82. The van der Waals surface area contributed by atoms with E-state index in [4.69, 9.17) is 4.74 Å². The van der Waals surface area contributed by atoms with Gasteiger partial charge in [-0.3, -0.25) is 4.90 Å². The maximum atomic E-state index is 12.4. The monoisotopic (exact) mass is 303 g/mol. The molecule has 0 radical (unpaired) electrons. The zero-order valence-electron chi connectivity index (χ0n) is 13.1. The third-order valence-electron chi connectivity index (χ3n) is 3.20. The van der Waals surface area contributed by atoms with Gasteiger partial charge in [0.15, 0.2) is 5.54 Å². The van der Waals surface area contributed by atoms with Crippen LogP contribution in [0.25, 0.3) is 0 Å². The molecule has 6 heteroatoms. The van der Waals surface area contributed by atoms with Crippen LogP contribution in [0.1, 0.15) is 48.0 Å². The molecule has 0 aromatic heterocycles. The minimum atomic E-state index is -1.17. The fraction of sp³-hybridized carbons (Fsp3) is 0.857. The van der Waals surface area contributed by atoms with Crippen molar-refractivity contribution in [1.82, 2.24) is 4.90 Å². The number of carboxylic acid groups (broad SMARTS) is 1. The number of carbonyl (C=O) groups excluding carboxylic acids is 1. The van der Waals surface area contributed by atoms with Gasteiger partial charge >= 0.3 is 12.1 Å². The molecule has 1 fully saturated rings. The smallest absolute Gasteiger partial charge is 0.411 e. The van der Waals surface area contributed by atoms with Crippen LogP contribution in [0.15, 0.2) is 0 Å². The minimum absolute atomic E-state index is 0.217. The molecule has 0 bridgehead atoms. The highest BCUT2D eigenvalue weighted by Crippen LogP contribution is 2.40. The quantitative estimate of drug-likeness (QED) is 0.868. The first-order valence-electron chi connectivity index (χ1n) is 6.87. The fourth-order valence-electron chi connectivity index (χ4n) is 2.48. The van der Waals surface area contributed by atoms with Crippen molar-refractivity contribution in [2.24, 2.45) is 0 Å². The van der Waals surface area contributed by atoms with E-state index >= 15 is 0 Å². The van der Waals surface area contributed by atoms with Crippen molar-refractivity contribution < 1.29 is 19.4 Å². The lowest BCUT2D eigenvalue weighted by molar-refractivity contribution is -0.151. The number of hydrogen-bond donors (Lipinski definition) is 1. The first kappa shape index (κ1) is 17.1. The van der Waals surface area contributed by atoms with Gasteiger partial charge in [-0.15, -0.1) is 0 Å². The first-order chi connectivity index (χ1) is 8.99. The molecule has 20 heavy (non-hydrogen) atoms. The summed E-state index contributed by atoms with van der Waals surface area (Å²) in [4.78, 5) is 25.7. The van der Waals surface area contributed by atoms with E-state index in [2.05, 4.69) is 0 Å². The van der Waals surface area contributed by atoms with Crippen molar-refractivity contribution in [2.45, 2.75) is 70.4 Å². The number of ether oxygens (including phenoxy) is 1. The highest BCUT2D eigenvalue weighted by Gasteiger charge is 2.53. The maximum absolute atomic E-state index is 12.4. The minimum Gasteiger partial charge on any atom is -0.479 e. The van der Waals surface area contributed by atoms with Crippen LogP contribution < -0.4 is 0 Å². The summed E-state index contributed by atoms with van der Waals surface area (Å²) in [6, 6.07) is -0.230. The average molecular weight is 303 g/mol. The molecule has 1 N–H and O–H groups in total. The third-order valence-corrected chi connectivity index (χ3v) is 4.58. The molecule has 1 saturated heterocycles. The van der Waals surface area contributed by atoms with Gasteiger partial charge in [0.2, 0.25) is 0 Å². The average Bonchev–Trinajstić information content (AvgIpc) is 2.58. The van der Waals surface area contributed by atoms with Crippen LogP contribution in [0.4, 0.5) is 4.79 Å². The summed E-state index contributed by atoms with van der Waals surface area (Å²) in [7, 11) is 0. The second-order valence-corrected chi connectivity index (χ2v) is 8.03. The normalized spacial score (nSPS) is 26.6. The van der Waals surface area contributed by atoms with Crippen LogP contribution in [0.5, 0.6) is 0 Å². The number of aliphatic carboxylic acids is 1. The molecule has 2 unspecified atom stereocenters. The molecule has 1 amide bonds. The van der Waals surface area contributed by atoms with Gasteiger partial charge in [0.1, 0.15) is 5.60 Å². The van der Waals surface area contributed by atoms with E-state index in [-0.39, 0.29) is 11.3 Å². The highest BCUT2D eigenvalue weighted by molar-refractivity contribution is 8.00. The predicted molar refractivity (Wildman–Crippen MR) is 80.1 cm³/mol. The van der Waals surface area contributed by atoms with Crippen molar-refractivity contribution in [1.29, 1.82) is 0 Å². The molecule has 1 aliphatic heterocycles. The van der Waals surface area contributed by atoms with E-state index in [1.807, 2.05) is 20.8 Å². The zero-order chi connectivity index (χ0) is 15.7. The molecular formula is C14H25NO4S. The Kier molecular flexibility index (Phi) is 5.00. The summed E-state index contributed by atoms with van der Waals surface area (Å²) in [5.74, 6) is -0.546. The number of rotatable bonds is 3. The maximum Gasteiger partial charge on any atom is 0.411 e. The van der Waals surface area contributed by atoms with Crippen LogP contribution in [0.2, 0.25) is 0 Å². The van der Waals surface area contributed by atoms with Gasteiger partial charge in [-0.2, -0.15) is 11.8 Å². The number of carbonyl (C=O) groups is 2. The van der Waals surface area contributed by atoms with Gasteiger partial charge in [0.25, 0.3) is 0 Å². The van der Waals surface area contributed by atoms with Crippen molar-refractivity contribution in [2.75, 3.05) is 5.75 Å². The summed E-state index contributed by atoms with van der Waals surface area (Å²) in [5.41, 5.74) is -1.80. The Hall–Kier alpha value is -0.910. The van der Waals surface area contributed by atoms with Crippen LogP contribution in [-0.4, -0.2) is 50.3 Å². The molecule has 1 heterocycles. The van der Waals surface area contributed by atoms with Crippen molar-refractivity contribution in [3.05, 3.63) is 0 Å². The summed E-state index contributed by atoms with van der Waals surface area (Å²) >= 11 is 1.58. The first-order valence-corrected chi connectivity index (χ1v) is 7.92. The third kappa shape index (κ3) is 3.59. The Balaban J connectivity index is 3.11. The summed E-state index contributed by atoms with van der Waals surface area (Å²) < 4.78 is 5.40. The summed E-state index contributed by atoms with van der Waals surface area (Å²) in [5, 5.41) is 9.90. The molecule has 0 saturated carbocycles. The molecule has 1 aliphatic rings. The molecule has 0 aliphatic carbocycles. The van der Waals surface area contributed by atoms with Gasteiger partial charge in [-0.05, 0) is 41.0 Å². The van der Waals surface area contributed by atoms with Gasteiger partial charge in [-0.1, -0.05) is 6.92 Å². The van der Waals surface area contributed by atoms with E-state index in [0.717, 1.165) is 0 Å². The van der Waals surface area contributed by atoms with Crippen molar-refractivity contribution in [3.8, 4) is 0 Å². The van der Waals surface area contributed by atoms with Gasteiger partial charge in [-0.25, -0.2) is 9.59 Å². The molecule has 0 aromatic rings. The van der Waals surface area contributed by atoms with Crippen molar-refractivity contribution in [3.63, 3.8) is 0 Å². The topological polar surface area (TPSA) is 66.8 Å². The van der Waals surface area contributed by atoms with Crippen LogP contribution in [0, 0.1) is 0 Å². The molecule has 0 aromatic carbocycles. The molecule has 5 nitrogen and oxygen atoms in total. The Morgan fingerprint density at radius 2 is 1.95 bits per heavy atom.